The number of benzene rings is 1. The maximum Gasteiger partial charge on any atom is 0.341 e. The van der Waals surface area contributed by atoms with Crippen LogP contribution in [-0.2, 0) is 22.4 Å². The minimum absolute atomic E-state index is 0.170. The number of nitriles is 1. The molecule has 0 fully saturated rings. The summed E-state index contributed by atoms with van der Waals surface area (Å²) in [4.78, 5) is 26.5. The summed E-state index contributed by atoms with van der Waals surface area (Å²) >= 11 is 1.36. The minimum atomic E-state index is -0.638. The molecule has 1 aliphatic carbocycles. The van der Waals surface area contributed by atoms with Crippen LogP contribution < -0.4 is 5.32 Å². The number of thiophene rings is 1. The fraction of sp³-hybridized carbons (Fsp3) is 0.240. The Hall–Kier alpha value is -3.70. The highest BCUT2D eigenvalue weighted by molar-refractivity contribution is 7.17. The Kier molecular flexibility index (Phi) is 6.71. The Balaban J connectivity index is 1.58. The molecule has 1 aromatic carbocycles. The lowest BCUT2D eigenvalue weighted by molar-refractivity contribution is -0.112. The van der Waals surface area contributed by atoms with Crippen molar-refractivity contribution in [3.63, 3.8) is 0 Å². The minimum Gasteiger partial charge on any atom is -0.462 e. The van der Waals surface area contributed by atoms with Crippen LogP contribution in [0.1, 0.15) is 46.3 Å². The molecular weight excluding hydrogens is 443 g/mol. The number of rotatable bonds is 6. The fourth-order valence-electron chi connectivity index (χ4n) is 3.73. The number of amides is 1. The first-order chi connectivity index (χ1) is 16.0. The fourth-order valence-corrected chi connectivity index (χ4v) is 5.01. The SMILES string of the molecule is CCOC(=O)c1c(NC(=O)/C(C#N)=C/c2ccc(-c3ccc(F)cc3)o2)sc2c1CCCC2. The number of fused-ring (bicyclic) bond motifs is 1. The van der Waals surface area contributed by atoms with Crippen molar-refractivity contribution in [2.24, 2.45) is 0 Å². The van der Waals surface area contributed by atoms with Crippen LogP contribution in [0.3, 0.4) is 0 Å². The van der Waals surface area contributed by atoms with Crippen molar-refractivity contribution in [2.75, 3.05) is 11.9 Å². The molecule has 3 aromatic rings. The van der Waals surface area contributed by atoms with Crippen LogP contribution in [0, 0.1) is 17.1 Å². The smallest absolute Gasteiger partial charge is 0.341 e. The molecule has 4 rings (SSSR count). The molecular formula is C25H21FN2O4S. The normalized spacial score (nSPS) is 13.2. The second kappa shape index (κ2) is 9.84. The molecule has 0 unspecified atom stereocenters. The number of halogens is 1. The van der Waals surface area contributed by atoms with E-state index >= 15 is 0 Å². The number of carbonyl (C=O) groups excluding carboxylic acids is 2. The van der Waals surface area contributed by atoms with Gasteiger partial charge in [-0.1, -0.05) is 0 Å². The summed E-state index contributed by atoms with van der Waals surface area (Å²) in [7, 11) is 0. The van der Waals surface area contributed by atoms with Gasteiger partial charge in [0.2, 0.25) is 0 Å². The molecule has 6 nitrogen and oxygen atoms in total. The van der Waals surface area contributed by atoms with Gasteiger partial charge in [-0.25, -0.2) is 9.18 Å². The number of furan rings is 1. The van der Waals surface area contributed by atoms with E-state index in [1.165, 1.54) is 29.5 Å². The Bertz CT molecular complexity index is 1260. The second-order valence-electron chi connectivity index (χ2n) is 7.47. The predicted molar refractivity (Wildman–Crippen MR) is 123 cm³/mol. The van der Waals surface area contributed by atoms with Gasteiger partial charge in [-0.2, -0.15) is 5.26 Å². The average Bonchev–Trinajstić information content (AvgIpc) is 3.42. The molecule has 168 valence electrons. The Morgan fingerprint density at radius 2 is 1.97 bits per heavy atom. The monoisotopic (exact) mass is 464 g/mol. The Morgan fingerprint density at radius 3 is 2.70 bits per heavy atom. The van der Waals surface area contributed by atoms with Crippen molar-refractivity contribution in [1.29, 1.82) is 5.26 Å². The largest absolute Gasteiger partial charge is 0.462 e. The number of aryl methyl sites for hydroxylation is 1. The highest BCUT2D eigenvalue weighted by atomic mass is 32.1. The van der Waals surface area contributed by atoms with Crippen LogP contribution in [0.5, 0.6) is 0 Å². The molecule has 33 heavy (non-hydrogen) atoms. The third-order valence-electron chi connectivity index (χ3n) is 5.29. The highest BCUT2D eigenvalue weighted by Crippen LogP contribution is 2.39. The maximum absolute atomic E-state index is 13.1. The molecule has 1 aliphatic rings. The average molecular weight is 465 g/mol. The third-order valence-corrected chi connectivity index (χ3v) is 6.49. The van der Waals surface area contributed by atoms with Crippen molar-refractivity contribution < 1.29 is 23.1 Å². The first kappa shape index (κ1) is 22.5. The van der Waals surface area contributed by atoms with Crippen molar-refractivity contribution in [3.8, 4) is 17.4 Å². The number of nitrogens with zero attached hydrogens (tertiary/aromatic N) is 1. The quantitative estimate of drug-likeness (QED) is 0.285. The standard InChI is InChI=1S/C25H21FN2O4S/c1-2-31-25(30)22-19-5-3-4-6-21(19)33-24(22)28-23(29)16(14-27)13-18-11-12-20(32-18)15-7-9-17(26)10-8-15/h7-13H,2-6H2,1H3,(H,28,29)/b16-13+. The molecule has 0 saturated carbocycles. The predicted octanol–water partition coefficient (Wildman–Crippen LogP) is 5.75. The molecule has 0 saturated heterocycles. The number of ether oxygens (including phenoxy) is 1. The summed E-state index contributed by atoms with van der Waals surface area (Å²) in [6, 6.07) is 11.0. The van der Waals surface area contributed by atoms with Crippen LogP contribution in [-0.4, -0.2) is 18.5 Å². The lowest BCUT2D eigenvalue weighted by Crippen LogP contribution is -2.16. The van der Waals surface area contributed by atoms with E-state index in [4.69, 9.17) is 9.15 Å². The van der Waals surface area contributed by atoms with Gasteiger partial charge in [0.1, 0.15) is 34.0 Å². The highest BCUT2D eigenvalue weighted by Gasteiger charge is 2.27. The first-order valence-electron chi connectivity index (χ1n) is 10.6. The van der Waals surface area contributed by atoms with E-state index in [0.717, 1.165) is 36.1 Å². The molecule has 8 heteroatoms. The maximum atomic E-state index is 13.1. The molecule has 0 radical (unpaired) electrons. The zero-order chi connectivity index (χ0) is 23.4. The Morgan fingerprint density at radius 1 is 1.21 bits per heavy atom. The van der Waals surface area contributed by atoms with Gasteiger partial charge in [-0.05, 0) is 74.6 Å². The molecule has 2 heterocycles. The van der Waals surface area contributed by atoms with E-state index in [1.807, 2.05) is 6.07 Å². The number of hydrogen-bond acceptors (Lipinski definition) is 6. The summed E-state index contributed by atoms with van der Waals surface area (Å²) in [5, 5.41) is 12.7. The van der Waals surface area contributed by atoms with E-state index < -0.39 is 11.9 Å². The molecule has 0 bridgehead atoms. The first-order valence-corrected chi connectivity index (χ1v) is 11.4. The van der Waals surface area contributed by atoms with Gasteiger partial charge in [0.25, 0.3) is 5.91 Å². The van der Waals surface area contributed by atoms with Crippen LogP contribution >= 0.6 is 11.3 Å². The van der Waals surface area contributed by atoms with Gasteiger partial charge >= 0.3 is 5.97 Å². The van der Waals surface area contributed by atoms with Gasteiger partial charge < -0.3 is 14.5 Å². The van der Waals surface area contributed by atoms with Gasteiger partial charge in [-0.15, -0.1) is 11.3 Å². The van der Waals surface area contributed by atoms with E-state index in [2.05, 4.69) is 5.32 Å². The number of nitrogens with one attached hydrogen (secondary N) is 1. The lowest BCUT2D eigenvalue weighted by Gasteiger charge is -2.12. The summed E-state index contributed by atoms with van der Waals surface area (Å²) < 4.78 is 24.0. The molecule has 1 amide bonds. The summed E-state index contributed by atoms with van der Waals surface area (Å²) in [6.45, 7) is 1.96. The topological polar surface area (TPSA) is 92.3 Å². The number of anilines is 1. The zero-order valence-corrected chi connectivity index (χ0v) is 18.8. The van der Waals surface area contributed by atoms with Crippen LogP contribution in [0.2, 0.25) is 0 Å². The van der Waals surface area contributed by atoms with Gasteiger partial charge in [0.15, 0.2) is 0 Å². The van der Waals surface area contributed by atoms with E-state index in [0.29, 0.717) is 27.6 Å². The van der Waals surface area contributed by atoms with Crippen LogP contribution in [0.25, 0.3) is 17.4 Å². The molecule has 2 aromatic heterocycles. The van der Waals surface area contributed by atoms with Gasteiger partial charge in [0, 0.05) is 16.5 Å². The molecule has 0 aliphatic heterocycles. The van der Waals surface area contributed by atoms with Gasteiger partial charge in [0.05, 0.1) is 12.2 Å². The van der Waals surface area contributed by atoms with E-state index in [-0.39, 0.29) is 18.0 Å². The number of hydrogen-bond donors (Lipinski definition) is 1. The summed E-state index contributed by atoms with van der Waals surface area (Å²) in [6.07, 6.45) is 4.94. The van der Waals surface area contributed by atoms with Crippen LogP contribution in [0.15, 0.2) is 46.4 Å². The molecule has 1 N–H and O–H groups in total. The summed E-state index contributed by atoms with van der Waals surface area (Å²) in [5.74, 6) is -0.677. The number of carbonyl (C=O) groups is 2. The van der Waals surface area contributed by atoms with Crippen molar-refractivity contribution >= 4 is 34.3 Å². The molecule has 0 spiro atoms. The Labute approximate surface area is 194 Å². The van der Waals surface area contributed by atoms with Crippen LogP contribution in [0.4, 0.5) is 9.39 Å². The van der Waals surface area contributed by atoms with E-state index in [1.54, 1.807) is 31.2 Å². The third kappa shape index (κ3) is 4.89. The number of esters is 1. The van der Waals surface area contributed by atoms with Crippen molar-refractivity contribution in [1.82, 2.24) is 0 Å². The summed E-state index contributed by atoms with van der Waals surface area (Å²) in [5.41, 5.74) is 1.81. The second-order valence-corrected chi connectivity index (χ2v) is 8.57. The zero-order valence-electron chi connectivity index (χ0n) is 17.9. The van der Waals surface area contributed by atoms with Crippen molar-refractivity contribution in [3.05, 3.63) is 69.6 Å². The molecule has 0 atom stereocenters. The van der Waals surface area contributed by atoms with E-state index in [9.17, 15) is 19.2 Å². The van der Waals surface area contributed by atoms with Crippen molar-refractivity contribution in [2.45, 2.75) is 32.6 Å². The lowest BCUT2D eigenvalue weighted by atomic mass is 9.95. The van der Waals surface area contributed by atoms with Gasteiger partial charge in [-0.3, -0.25) is 4.79 Å².